The van der Waals surface area contributed by atoms with Gasteiger partial charge in [0, 0.05) is 41.7 Å². The smallest absolute Gasteiger partial charge is 0.224 e. The van der Waals surface area contributed by atoms with Crippen LogP contribution < -0.4 is 5.32 Å². The third kappa shape index (κ3) is 4.54. The van der Waals surface area contributed by atoms with Crippen LogP contribution in [-0.4, -0.2) is 32.5 Å². The largest absolute Gasteiger partial charge is 0.367 e. The van der Waals surface area contributed by atoms with Crippen molar-refractivity contribution in [1.82, 2.24) is 15.0 Å². The molecule has 2 heterocycles. The van der Waals surface area contributed by atoms with Crippen molar-refractivity contribution in [3.63, 3.8) is 0 Å². The standard InChI is InChI=1S/C23H22ClN5O/c24-23-27-14-19(15-10-12-26-13-11-15)22(29-23)28-18-8-6-16(7-9-18)20(25)21(30)17-4-2-1-3-5-17/h1-5,10-14,16,18,25H,6-9H2,(H,27,28,29)/t16-,18+. The molecule has 30 heavy (non-hydrogen) atoms. The molecule has 6 nitrogen and oxygen atoms in total. The summed E-state index contributed by atoms with van der Waals surface area (Å²) >= 11 is 6.04. The number of hydrogen-bond acceptors (Lipinski definition) is 6. The molecule has 0 bridgehead atoms. The van der Waals surface area contributed by atoms with Gasteiger partial charge in [-0.3, -0.25) is 9.78 Å². The molecule has 3 aromatic rings. The maximum Gasteiger partial charge on any atom is 0.224 e. The van der Waals surface area contributed by atoms with E-state index in [1.807, 2.05) is 30.3 Å². The minimum absolute atomic E-state index is 0.00980. The third-order valence-corrected chi connectivity index (χ3v) is 5.69. The molecule has 0 radical (unpaired) electrons. The van der Waals surface area contributed by atoms with E-state index in [4.69, 9.17) is 17.0 Å². The van der Waals surface area contributed by atoms with Gasteiger partial charge in [-0.1, -0.05) is 30.3 Å². The monoisotopic (exact) mass is 419 g/mol. The summed E-state index contributed by atoms with van der Waals surface area (Å²) < 4.78 is 0. The average molecular weight is 420 g/mol. The predicted octanol–water partition coefficient (Wildman–Crippen LogP) is 5.07. The van der Waals surface area contributed by atoms with Crippen LogP contribution >= 0.6 is 11.6 Å². The fraction of sp³-hybridized carbons (Fsp3) is 0.261. The zero-order valence-electron chi connectivity index (χ0n) is 16.4. The zero-order chi connectivity index (χ0) is 20.9. The van der Waals surface area contributed by atoms with Crippen LogP contribution in [-0.2, 0) is 0 Å². The minimum Gasteiger partial charge on any atom is -0.367 e. The Labute approximate surface area is 180 Å². The van der Waals surface area contributed by atoms with Crippen molar-refractivity contribution in [3.8, 4) is 11.1 Å². The van der Waals surface area contributed by atoms with Crippen molar-refractivity contribution < 1.29 is 4.79 Å². The molecule has 0 aliphatic heterocycles. The van der Waals surface area contributed by atoms with Crippen molar-refractivity contribution in [2.75, 3.05) is 5.32 Å². The topological polar surface area (TPSA) is 91.6 Å². The Morgan fingerprint density at radius 2 is 1.73 bits per heavy atom. The second-order valence-electron chi connectivity index (χ2n) is 7.44. The number of ketones is 1. The van der Waals surface area contributed by atoms with Crippen LogP contribution in [0, 0.1) is 11.3 Å². The summed E-state index contributed by atoms with van der Waals surface area (Å²) in [6, 6.07) is 13.1. The van der Waals surface area contributed by atoms with E-state index >= 15 is 0 Å². The number of carbonyl (C=O) groups excluding carboxylic acids is 1. The van der Waals surface area contributed by atoms with Gasteiger partial charge in [0.2, 0.25) is 11.1 Å². The Morgan fingerprint density at radius 3 is 2.43 bits per heavy atom. The van der Waals surface area contributed by atoms with E-state index < -0.39 is 0 Å². The highest BCUT2D eigenvalue weighted by Gasteiger charge is 2.28. The van der Waals surface area contributed by atoms with Crippen molar-refractivity contribution in [2.45, 2.75) is 31.7 Å². The van der Waals surface area contributed by atoms with Gasteiger partial charge in [0.05, 0.1) is 5.71 Å². The van der Waals surface area contributed by atoms with Crippen LogP contribution in [0.5, 0.6) is 0 Å². The number of pyridine rings is 1. The maximum absolute atomic E-state index is 12.6. The molecule has 0 unspecified atom stereocenters. The molecule has 1 saturated carbocycles. The quantitative estimate of drug-likeness (QED) is 0.331. The van der Waals surface area contributed by atoms with E-state index in [-0.39, 0.29) is 28.7 Å². The summed E-state index contributed by atoms with van der Waals surface area (Å²) in [4.78, 5) is 25.2. The molecule has 2 N–H and O–H groups in total. The maximum atomic E-state index is 12.6. The molecule has 2 aromatic heterocycles. The predicted molar refractivity (Wildman–Crippen MR) is 118 cm³/mol. The van der Waals surface area contributed by atoms with Crippen molar-refractivity contribution in [1.29, 1.82) is 5.41 Å². The van der Waals surface area contributed by atoms with Crippen LogP contribution in [0.4, 0.5) is 5.82 Å². The lowest BCUT2D eigenvalue weighted by atomic mass is 9.81. The summed E-state index contributed by atoms with van der Waals surface area (Å²) in [5, 5.41) is 12.1. The molecule has 1 aromatic carbocycles. The van der Waals surface area contributed by atoms with Crippen LogP contribution in [0.3, 0.4) is 0 Å². The molecule has 152 valence electrons. The van der Waals surface area contributed by atoms with Gasteiger partial charge < -0.3 is 10.7 Å². The molecule has 7 heteroatoms. The van der Waals surface area contributed by atoms with E-state index in [0.717, 1.165) is 36.8 Å². The fourth-order valence-corrected chi connectivity index (χ4v) is 4.00. The fourth-order valence-electron chi connectivity index (χ4n) is 3.86. The Hall–Kier alpha value is -3.12. The number of nitrogens with one attached hydrogen (secondary N) is 2. The highest BCUT2D eigenvalue weighted by atomic mass is 35.5. The minimum atomic E-state index is -0.172. The number of nitrogens with zero attached hydrogens (tertiary/aromatic N) is 3. The molecule has 0 spiro atoms. The summed E-state index contributed by atoms with van der Waals surface area (Å²) in [7, 11) is 0. The second kappa shape index (κ2) is 9.13. The van der Waals surface area contributed by atoms with E-state index in [2.05, 4.69) is 20.3 Å². The summed E-state index contributed by atoms with van der Waals surface area (Å²) in [5.41, 5.74) is 2.63. The Bertz CT molecular complexity index is 1030. The third-order valence-electron chi connectivity index (χ3n) is 5.51. The Kier molecular flexibility index (Phi) is 6.14. The van der Waals surface area contributed by atoms with Crippen LogP contribution in [0.1, 0.15) is 36.0 Å². The van der Waals surface area contributed by atoms with Crippen LogP contribution in [0.15, 0.2) is 61.1 Å². The lowest BCUT2D eigenvalue weighted by Crippen LogP contribution is -2.32. The number of aromatic nitrogens is 3. The van der Waals surface area contributed by atoms with E-state index in [1.54, 1.807) is 30.7 Å². The van der Waals surface area contributed by atoms with E-state index in [1.165, 1.54) is 0 Å². The zero-order valence-corrected chi connectivity index (χ0v) is 17.1. The van der Waals surface area contributed by atoms with Gasteiger partial charge in [-0.05, 0) is 55.0 Å². The van der Waals surface area contributed by atoms with Crippen molar-refractivity contribution >= 4 is 28.9 Å². The van der Waals surface area contributed by atoms with Crippen LogP contribution in [0.2, 0.25) is 5.28 Å². The SMILES string of the molecule is N=C(C(=O)c1ccccc1)[C@H]1CC[C@@H](Nc2nc(Cl)ncc2-c2ccncc2)CC1. The molecular formula is C23H22ClN5O. The number of rotatable bonds is 6. The number of hydrogen-bond donors (Lipinski definition) is 2. The molecule has 1 fully saturated rings. The highest BCUT2D eigenvalue weighted by molar-refractivity contribution is 6.45. The molecule has 1 aliphatic rings. The van der Waals surface area contributed by atoms with Crippen LogP contribution in [0.25, 0.3) is 11.1 Å². The molecule has 0 amide bonds. The first kappa shape index (κ1) is 20.2. The van der Waals surface area contributed by atoms with Gasteiger partial charge in [-0.2, -0.15) is 0 Å². The molecule has 0 saturated heterocycles. The number of Topliss-reactive ketones (excluding diaryl/α,β-unsaturated/α-hetero) is 1. The lowest BCUT2D eigenvalue weighted by Gasteiger charge is -2.30. The van der Waals surface area contributed by atoms with Gasteiger partial charge in [0.1, 0.15) is 5.82 Å². The highest BCUT2D eigenvalue weighted by Crippen LogP contribution is 2.31. The Morgan fingerprint density at radius 1 is 1.03 bits per heavy atom. The first-order valence-electron chi connectivity index (χ1n) is 9.99. The van der Waals surface area contributed by atoms with E-state index in [0.29, 0.717) is 11.4 Å². The Balaban J connectivity index is 1.42. The number of carbonyl (C=O) groups is 1. The number of benzene rings is 1. The normalized spacial score (nSPS) is 18.6. The summed E-state index contributed by atoms with van der Waals surface area (Å²) in [6.07, 6.45) is 8.46. The molecule has 4 rings (SSSR count). The molecular weight excluding hydrogens is 398 g/mol. The lowest BCUT2D eigenvalue weighted by molar-refractivity contribution is 0.105. The first-order valence-corrected chi connectivity index (χ1v) is 10.4. The van der Waals surface area contributed by atoms with Gasteiger partial charge in [-0.15, -0.1) is 0 Å². The van der Waals surface area contributed by atoms with Gasteiger partial charge in [-0.25, -0.2) is 9.97 Å². The summed E-state index contributed by atoms with van der Waals surface area (Å²) in [6.45, 7) is 0. The number of halogens is 1. The average Bonchev–Trinajstić information content (AvgIpc) is 2.80. The van der Waals surface area contributed by atoms with Gasteiger partial charge in [0.15, 0.2) is 0 Å². The number of anilines is 1. The molecule has 0 atom stereocenters. The van der Waals surface area contributed by atoms with Crippen molar-refractivity contribution in [3.05, 3.63) is 71.9 Å². The van der Waals surface area contributed by atoms with Gasteiger partial charge in [0.25, 0.3) is 0 Å². The second-order valence-corrected chi connectivity index (χ2v) is 7.78. The van der Waals surface area contributed by atoms with Crippen molar-refractivity contribution in [2.24, 2.45) is 5.92 Å². The van der Waals surface area contributed by atoms with E-state index in [9.17, 15) is 4.79 Å². The molecule has 1 aliphatic carbocycles. The van der Waals surface area contributed by atoms with Gasteiger partial charge >= 0.3 is 0 Å². The first-order chi connectivity index (χ1) is 14.6. The summed E-state index contributed by atoms with van der Waals surface area (Å²) in [5.74, 6) is 0.513.